The Balaban J connectivity index is 1.83. The number of hydrogen-bond donors (Lipinski definition) is 2. The number of carbonyl (C=O) groups excluding carboxylic acids is 1. The highest BCUT2D eigenvalue weighted by Crippen LogP contribution is 2.38. The normalized spacial score (nSPS) is 21.7. The molecular weight excluding hydrogens is 260 g/mol. The van der Waals surface area contributed by atoms with E-state index in [9.17, 15) is 4.79 Å². The number of hydrogen-bond acceptors (Lipinski definition) is 5. The molecule has 1 saturated heterocycles. The molecule has 0 radical (unpaired) electrons. The van der Waals surface area contributed by atoms with E-state index in [4.69, 9.17) is 5.73 Å². The summed E-state index contributed by atoms with van der Waals surface area (Å²) in [6.07, 6.45) is 3.29. The van der Waals surface area contributed by atoms with Crippen molar-refractivity contribution in [2.24, 2.45) is 5.41 Å². The van der Waals surface area contributed by atoms with E-state index < -0.39 is 0 Å². The minimum Gasteiger partial charge on any atom is -0.382 e. The molecule has 3 rings (SSSR count). The first-order valence-electron chi connectivity index (χ1n) is 6.77. The summed E-state index contributed by atoms with van der Waals surface area (Å²) < 4.78 is 4.17. The topological polar surface area (TPSA) is 71.2 Å². The van der Waals surface area contributed by atoms with Crippen molar-refractivity contribution in [2.75, 3.05) is 23.7 Å². The molecule has 1 aromatic rings. The van der Waals surface area contributed by atoms with Crippen molar-refractivity contribution < 1.29 is 4.79 Å². The number of aromatic nitrogens is 1. The molecule has 0 unspecified atom stereocenters. The lowest BCUT2D eigenvalue weighted by molar-refractivity contribution is 0.0952. The minimum atomic E-state index is -0.0616. The Bertz CT molecular complexity index is 507. The molecular formula is C13H20N4OS. The summed E-state index contributed by atoms with van der Waals surface area (Å²) >= 11 is 1.34. The van der Waals surface area contributed by atoms with Crippen LogP contribution in [0.25, 0.3) is 0 Å². The summed E-state index contributed by atoms with van der Waals surface area (Å²) in [6, 6.07) is 0.342. The van der Waals surface area contributed by atoms with E-state index in [0.717, 1.165) is 37.4 Å². The van der Waals surface area contributed by atoms with Crippen LogP contribution in [0.1, 0.15) is 43.5 Å². The third kappa shape index (κ3) is 2.54. The second-order valence-corrected chi connectivity index (χ2v) is 7.08. The van der Waals surface area contributed by atoms with Crippen molar-refractivity contribution in [3.63, 3.8) is 0 Å². The van der Waals surface area contributed by atoms with Crippen LogP contribution in [0.4, 0.5) is 10.8 Å². The van der Waals surface area contributed by atoms with E-state index >= 15 is 0 Å². The van der Waals surface area contributed by atoms with Gasteiger partial charge in [0.25, 0.3) is 5.91 Å². The van der Waals surface area contributed by atoms with Gasteiger partial charge < -0.3 is 16.0 Å². The predicted octanol–water partition coefficient (Wildman–Crippen LogP) is 1.85. The van der Waals surface area contributed by atoms with Crippen LogP contribution >= 0.6 is 11.5 Å². The smallest absolute Gasteiger partial charge is 0.258 e. The fourth-order valence-electron chi connectivity index (χ4n) is 2.49. The van der Waals surface area contributed by atoms with Gasteiger partial charge in [-0.2, -0.15) is 4.37 Å². The molecule has 104 valence electrons. The molecule has 1 aromatic heterocycles. The maximum atomic E-state index is 12.3. The molecule has 0 atom stereocenters. The van der Waals surface area contributed by atoms with Gasteiger partial charge in [0, 0.05) is 19.1 Å². The van der Waals surface area contributed by atoms with Crippen molar-refractivity contribution >= 4 is 28.3 Å². The van der Waals surface area contributed by atoms with Crippen LogP contribution in [0.2, 0.25) is 0 Å². The van der Waals surface area contributed by atoms with Crippen LogP contribution in [0.5, 0.6) is 0 Å². The number of amides is 1. The highest BCUT2D eigenvalue weighted by atomic mass is 32.1. The number of nitrogens with two attached hydrogens (primary N) is 1. The van der Waals surface area contributed by atoms with Crippen molar-refractivity contribution in [3.8, 4) is 0 Å². The molecule has 1 aliphatic heterocycles. The van der Waals surface area contributed by atoms with Gasteiger partial charge in [-0.1, -0.05) is 13.8 Å². The molecule has 1 saturated carbocycles. The van der Waals surface area contributed by atoms with E-state index in [1.54, 1.807) is 0 Å². The Morgan fingerprint density at radius 2 is 2.26 bits per heavy atom. The van der Waals surface area contributed by atoms with Gasteiger partial charge in [-0.25, -0.2) is 0 Å². The molecule has 5 nitrogen and oxygen atoms in total. The first-order chi connectivity index (χ1) is 8.96. The highest BCUT2D eigenvalue weighted by molar-refractivity contribution is 7.11. The molecule has 6 heteroatoms. The fourth-order valence-corrected chi connectivity index (χ4v) is 3.33. The molecule has 1 aliphatic carbocycles. The number of rotatable bonds is 3. The SMILES string of the molecule is CC1(C)CCN(c2snc(N)c2C(=O)NC2CC2)C1. The molecule has 19 heavy (non-hydrogen) atoms. The highest BCUT2D eigenvalue weighted by Gasteiger charge is 2.34. The van der Waals surface area contributed by atoms with Crippen molar-refractivity contribution in [3.05, 3.63) is 5.56 Å². The third-order valence-corrected chi connectivity index (χ3v) is 4.73. The number of anilines is 2. The summed E-state index contributed by atoms with van der Waals surface area (Å²) in [5.41, 5.74) is 6.76. The lowest BCUT2D eigenvalue weighted by Crippen LogP contribution is -2.29. The van der Waals surface area contributed by atoms with Gasteiger partial charge in [0.15, 0.2) is 5.82 Å². The number of nitrogen functional groups attached to an aromatic ring is 1. The van der Waals surface area contributed by atoms with E-state index in [0.29, 0.717) is 22.8 Å². The zero-order valence-electron chi connectivity index (χ0n) is 11.4. The standard InChI is InChI=1S/C13H20N4OS/c1-13(2)5-6-17(7-13)12-9(10(14)16-19-12)11(18)15-8-3-4-8/h8H,3-7H2,1-2H3,(H2,14,16)(H,15,18). The lowest BCUT2D eigenvalue weighted by Gasteiger charge is -2.20. The second-order valence-electron chi connectivity index (χ2n) is 6.33. The number of nitrogens with zero attached hydrogens (tertiary/aromatic N) is 2. The minimum absolute atomic E-state index is 0.0616. The zero-order chi connectivity index (χ0) is 13.6. The van der Waals surface area contributed by atoms with Crippen molar-refractivity contribution in [1.29, 1.82) is 0 Å². The van der Waals surface area contributed by atoms with Crippen LogP contribution in [0.15, 0.2) is 0 Å². The van der Waals surface area contributed by atoms with E-state index in [-0.39, 0.29) is 5.91 Å². The molecule has 2 fully saturated rings. The van der Waals surface area contributed by atoms with Crippen LogP contribution in [0, 0.1) is 5.41 Å². The van der Waals surface area contributed by atoms with Gasteiger partial charge in [-0.15, -0.1) is 0 Å². The van der Waals surface area contributed by atoms with Gasteiger partial charge in [0.2, 0.25) is 0 Å². The summed E-state index contributed by atoms with van der Waals surface area (Å²) in [7, 11) is 0. The maximum absolute atomic E-state index is 12.3. The van der Waals surface area contributed by atoms with Crippen molar-refractivity contribution in [2.45, 2.75) is 39.2 Å². The summed E-state index contributed by atoms with van der Waals surface area (Å²) in [5, 5.41) is 3.93. The first kappa shape index (κ1) is 12.7. The Morgan fingerprint density at radius 1 is 1.53 bits per heavy atom. The molecule has 3 N–H and O–H groups in total. The Labute approximate surface area is 117 Å². The van der Waals surface area contributed by atoms with Crippen LogP contribution < -0.4 is 16.0 Å². The summed E-state index contributed by atoms with van der Waals surface area (Å²) in [4.78, 5) is 14.5. The van der Waals surface area contributed by atoms with Gasteiger partial charge in [-0.3, -0.25) is 4.79 Å². The van der Waals surface area contributed by atoms with Crippen LogP contribution in [0.3, 0.4) is 0 Å². The quantitative estimate of drug-likeness (QED) is 0.886. The lowest BCUT2D eigenvalue weighted by atomic mass is 9.93. The van der Waals surface area contributed by atoms with E-state index in [2.05, 4.69) is 28.4 Å². The zero-order valence-corrected chi connectivity index (χ0v) is 12.2. The van der Waals surface area contributed by atoms with Crippen LogP contribution in [-0.2, 0) is 0 Å². The maximum Gasteiger partial charge on any atom is 0.258 e. The molecule has 0 aromatic carbocycles. The molecule has 0 spiro atoms. The largest absolute Gasteiger partial charge is 0.382 e. The van der Waals surface area contributed by atoms with Crippen LogP contribution in [-0.4, -0.2) is 29.4 Å². The molecule has 1 amide bonds. The van der Waals surface area contributed by atoms with Gasteiger partial charge in [-0.05, 0) is 36.2 Å². The Morgan fingerprint density at radius 3 is 2.84 bits per heavy atom. The predicted molar refractivity (Wildman–Crippen MR) is 77.6 cm³/mol. The first-order valence-corrected chi connectivity index (χ1v) is 7.54. The average Bonchev–Trinajstić information content (AvgIpc) is 2.94. The fraction of sp³-hybridized carbons (Fsp3) is 0.692. The number of nitrogens with one attached hydrogen (secondary N) is 1. The second kappa shape index (κ2) is 4.37. The Hall–Kier alpha value is -1.30. The third-order valence-electron chi connectivity index (χ3n) is 3.80. The Kier molecular flexibility index (Phi) is 2.92. The number of carbonyl (C=O) groups is 1. The summed E-state index contributed by atoms with van der Waals surface area (Å²) in [5.74, 6) is 0.302. The molecule has 2 heterocycles. The van der Waals surface area contributed by atoms with E-state index in [1.807, 2.05) is 0 Å². The summed E-state index contributed by atoms with van der Waals surface area (Å²) in [6.45, 7) is 6.43. The van der Waals surface area contributed by atoms with Gasteiger partial charge in [0.1, 0.15) is 10.6 Å². The van der Waals surface area contributed by atoms with Crippen molar-refractivity contribution in [1.82, 2.24) is 9.69 Å². The van der Waals surface area contributed by atoms with E-state index in [1.165, 1.54) is 11.5 Å². The van der Waals surface area contributed by atoms with Gasteiger partial charge >= 0.3 is 0 Å². The average molecular weight is 280 g/mol. The monoisotopic (exact) mass is 280 g/mol. The molecule has 0 bridgehead atoms. The molecule has 2 aliphatic rings. The van der Waals surface area contributed by atoms with Gasteiger partial charge in [0.05, 0.1) is 0 Å².